The van der Waals surface area contributed by atoms with Crippen molar-refractivity contribution in [1.82, 2.24) is 9.97 Å². The maximum atomic E-state index is 13.5. The lowest BCUT2D eigenvalue weighted by molar-refractivity contribution is -0.0223. The molecule has 5 rings (SSSR count). The van der Waals surface area contributed by atoms with Crippen molar-refractivity contribution in [2.45, 2.75) is 25.0 Å². The van der Waals surface area contributed by atoms with E-state index < -0.39 is 0 Å². The van der Waals surface area contributed by atoms with Gasteiger partial charge < -0.3 is 24.9 Å². The Labute approximate surface area is 201 Å². The number of carbonyl (C=O) groups excluding carboxylic acids is 1. The Morgan fingerprint density at radius 3 is 2.74 bits per heavy atom. The molecule has 0 bridgehead atoms. The molecule has 2 atom stereocenters. The zero-order valence-electron chi connectivity index (χ0n) is 18.3. The average molecular weight is 478 g/mol. The van der Waals surface area contributed by atoms with Gasteiger partial charge in [-0.15, -0.1) is 0 Å². The number of pyridine rings is 1. The summed E-state index contributed by atoms with van der Waals surface area (Å²) >= 11 is 6.50. The molecule has 8 heteroatoms. The van der Waals surface area contributed by atoms with Crippen LogP contribution in [0, 0.1) is 0 Å². The van der Waals surface area contributed by atoms with E-state index in [0.717, 1.165) is 18.5 Å². The van der Waals surface area contributed by atoms with Gasteiger partial charge in [0.2, 0.25) is 0 Å². The van der Waals surface area contributed by atoms with Crippen LogP contribution >= 0.6 is 11.6 Å². The maximum Gasteiger partial charge on any atom is 0.196 e. The summed E-state index contributed by atoms with van der Waals surface area (Å²) in [6.07, 6.45) is 4.87. The molecule has 34 heavy (non-hydrogen) atoms. The predicted octanol–water partition coefficient (Wildman–Crippen LogP) is 5.19. The number of aromatic amines is 1. The molecule has 0 radical (unpaired) electrons. The minimum Gasteiger partial charge on any atom is -0.457 e. The largest absolute Gasteiger partial charge is 0.457 e. The summed E-state index contributed by atoms with van der Waals surface area (Å²) in [6, 6.07) is 16.4. The number of benzene rings is 2. The molecular weight excluding hydrogens is 454 g/mol. The Balaban J connectivity index is 1.40. The molecule has 2 aromatic carbocycles. The highest BCUT2D eigenvalue weighted by Gasteiger charge is 2.24. The van der Waals surface area contributed by atoms with Crippen LogP contribution in [0.25, 0.3) is 11.0 Å². The average Bonchev–Trinajstić information content (AvgIpc) is 3.30. The highest BCUT2D eigenvalue weighted by Crippen LogP contribution is 2.32. The quantitative estimate of drug-likeness (QED) is 0.317. The van der Waals surface area contributed by atoms with Crippen molar-refractivity contribution in [2.75, 3.05) is 18.5 Å². The Morgan fingerprint density at radius 2 is 2.00 bits per heavy atom. The molecule has 1 aliphatic heterocycles. The summed E-state index contributed by atoms with van der Waals surface area (Å²) < 4.78 is 11.5. The van der Waals surface area contributed by atoms with Gasteiger partial charge in [-0.05, 0) is 43.2 Å². The van der Waals surface area contributed by atoms with Gasteiger partial charge in [-0.3, -0.25) is 4.79 Å². The Hall–Kier alpha value is -3.39. The number of para-hydroxylation sites is 1. The number of nitrogens with one attached hydrogen (secondary N) is 2. The number of hydrogen-bond acceptors (Lipinski definition) is 6. The number of halogens is 1. The molecule has 1 unspecified atom stereocenters. The highest BCUT2D eigenvalue weighted by atomic mass is 35.5. The first-order valence-corrected chi connectivity index (χ1v) is 11.5. The van der Waals surface area contributed by atoms with Crippen LogP contribution in [0.15, 0.2) is 67.0 Å². The number of nitrogens with zero attached hydrogens (tertiary/aromatic N) is 1. The fraction of sp³-hybridized carbons (Fsp3) is 0.231. The summed E-state index contributed by atoms with van der Waals surface area (Å²) in [5.41, 5.74) is 2.27. The summed E-state index contributed by atoms with van der Waals surface area (Å²) in [4.78, 5) is 21.0. The third kappa shape index (κ3) is 4.63. The van der Waals surface area contributed by atoms with Gasteiger partial charge >= 0.3 is 0 Å². The van der Waals surface area contributed by atoms with E-state index in [-0.39, 0.29) is 24.5 Å². The topological polar surface area (TPSA) is 96.5 Å². The second kappa shape index (κ2) is 9.85. The predicted molar refractivity (Wildman–Crippen MR) is 131 cm³/mol. The van der Waals surface area contributed by atoms with E-state index in [1.807, 2.05) is 36.4 Å². The lowest BCUT2D eigenvalue weighted by Crippen LogP contribution is -2.36. The molecule has 0 spiro atoms. The van der Waals surface area contributed by atoms with Crippen molar-refractivity contribution in [1.29, 1.82) is 0 Å². The second-order valence-corrected chi connectivity index (χ2v) is 8.63. The smallest absolute Gasteiger partial charge is 0.196 e. The van der Waals surface area contributed by atoms with Gasteiger partial charge in [0, 0.05) is 35.8 Å². The van der Waals surface area contributed by atoms with Crippen LogP contribution in [-0.2, 0) is 4.74 Å². The van der Waals surface area contributed by atoms with Crippen molar-refractivity contribution < 1.29 is 19.4 Å². The SMILES string of the molecule is O=C(c1ccc(Oc2ccccc2)cc1Cl)c1c[nH]c2nccc(N[C@@H]3CCC(CO)OC3)c12. The molecule has 174 valence electrons. The van der Waals surface area contributed by atoms with Gasteiger partial charge in [-0.1, -0.05) is 29.8 Å². The van der Waals surface area contributed by atoms with Crippen molar-refractivity contribution in [3.8, 4) is 11.5 Å². The number of aliphatic hydroxyl groups excluding tert-OH is 1. The van der Waals surface area contributed by atoms with E-state index in [1.165, 1.54) is 0 Å². The minimum absolute atomic E-state index is 0.0264. The maximum absolute atomic E-state index is 13.5. The Bertz CT molecular complexity index is 1300. The molecule has 3 N–H and O–H groups in total. The van der Waals surface area contributed by atoms with E-state index in [9.17, 15) is 9.90 Å². The van der Waals surface area contributed by atoms with Crippen LogP contribution in [-0.4, -0.2) is 46.2 Å². The molecule has 2 aromatic heterocycles. The van der Waals surface area contributed by atoms with E-state index >= 15 is 0 Å². The molecule has 0 saturated carbocycles. The van der Waals surface area contributed by atoms with Gasteiger partial charge in [0.25, 0.3) is 0 Å². The molecule has 3 heterocycles. The molecule has 1 aliphatic rings. The van der Waals surface area contributed by atoms with E-state index in [4.69, 9.17) is 21.1 Å². The van der Waals surface area contributed by atoms with Gasteiger partial charge in [0.05, 0.1) is 35.3 Å². The summed E-state index contributed by atoms with van der Waals surface area (Å²) in [5, 5.41) is 13.8. The lowest BCUT2D eigenvalue weighted by atomic mass is 10.0. The van der Waals surface area contributed by atoms with Crippen molar-refractivity contribution in [3.05, 3.63) is 83.1 Å². The van der Waals surface area contributed by atoms with Crippen molar-refractivity contribution in [2.24, 2.45) is 0 Å². The van der Waals surface area contributed by atoms with E-state index in [1.54, 1.807) is 30.6 Å². The lowest BCUT2D eigenvalue weighted by Gasteiger charge is -2.29. The fourth-order valence-corrected chi connectivity index (χ4v) is 4.41. The zero-order valence-corrected chi connectivity index (χ0v) is 19.1. The number of rotatable bonds is 7. The number of H-pyrrole nitrogens is 1. The first-order chi connectivity index (χ1) is 16.6. The van der Waals surface area contributed by atoms with E-state index in [2.05, 4.69) is 15.3 Å². The van der Waals surface area contributed by atoms with Crippen molar-refractivity contribution in [3.63, 3.8) is 0 Å². The number of carbonyl (C=O) groups is 1. The second-order valence-electron chi connectivity index (χ2n) is 8.23. The fourth-order valence-electron chi connectivity index (χ4n) is 4.15. The minimum atomic E-state index is -0.209. The van der Waals surface area contributed by atoms with Crippen LogP contribution in [0.2, 0.25) is 5.02 Å². The number of ether oxygens (including phenoxy) is 2. The first kappa shape index (κ1) is 22.4. The van der Waals surface area contributed by atoms with Gasteiger partial charge in [0.15, 0.2) is 5.78 Å². The van der Waals surface area contributed by atoms with Gasteiger partial charge in [-0.2, -0.15) is 0 Å². The monoisotopic (exact) mass is 477 g/mol. The highest BCUT2D eigenvalue weighted by molar-refractivity contribution is 6.35. The van der Waals surface area contributed by atoms with Crippen LogP contribution in [0.3, 0.4) is 0 Å². The molecule has 0 amide bonds. The third-order valence-electron chi connectivity index (χ3n) is 5.92. The first-order valence-electron chi connectivity index (χ1n) is 11.1. The molecule has 4 aromatic rings. The number of aliphatic hydroxyl groups is 1. The molecular formula is C26H24ClN3O4. The molecule has 1 saturated heterocycles. The van der Waals surface area contributed by atoms with E-state index in [0.29, 0.717) is 45.3 Å². The van der Waals surface area contributed by atoms with Crippen LogP contribution in [0.4, 0.5) is 5.69 Å². The van der Waals surface area contributed by atoms with Crippen LogP contribution < -0.4 is 10.1 Å². The standard InChI is InChI=1S/C26H24ClN3O4/c27-22-12-18(34-17-4-2-1-3-5-17)8-9-20(22)25(32)21-13-29-26-24(21)23(10-11-28-26)30-16-6-7-19(14-31)33-15-16/h1-5,8-13,16,19,31H,6-7,14-15H2,(H2,28,29,30)/t16-,19?/m1/s1. The van der Waals surface area contributed by atoms with Crippen LogP contribution in [0.5, 0.6) is 11.5 Å². The number of aromatic nitrogens is 2. The summed E-state index contributed by atoms with van der Waals surface area (Å²) in [7, 11) is 0. The molecule has 1 fully saturated rings. The zero-order chi connectivity index (χ0) is 23.5. The van der Waals surface area contributed by atoms with Gasteiger partial charge in [0.1, 0.15) is 17.1 Å². The molecule has 7 nitrogen and oxygen atoms in total. The molecule has 0 aliphatic carbocycles. The third-order valence-corrected chi connectivity index (χ3v) is 6.23. The Kier molecular flexibility index (Phi) is 6.49. The van der Waals surface area contributed by atoms with Crippen molar-refractivity contribution >= 4 is 34.1 Å². The summed E-state index contributed by atoms with van der Waals surface area (Å²) in [6.45, 7) is 0.510. The van der Waals surface area contributed by atoms with Gasteiger partial charge in [-0.25, -0.2) is 4.98 Å². The number of anilines is 1. The normalized spacial score (nSPS) is 18.1. The summed E-state index contributed by atoms with van der Waals surface area (Å²) in [5.74, 6) is 1.03. The number of fused-ring (bicyclic) bond motifs is 1. The van der Waals surface area contributed by atoms with Crippen LogP contribution in [0.1, 0.15) is 28.8 Å². The number of ketones is 1. The number of hydrogen-bond donors (Lipinski definition) is 3. The Morgan fingerprint density at radius 1 is 1.15 bits per heavy atom.